The van der Waals surface area contributed by atoms with Crippen molar-refractivity contribution in [3.8, 4) is 5.75 Å². The van der Waals surface area contributed by atoms with Crippen LogP contribution in [0.15, 0.2) is 24.3 Å². The molecule has 0 fully saturated rings. The van der Waals surface area contributed by atoms with Gasteiger partial charge < -0.3 is 16.2 Å². The average molecular weight is 222 g/mol. The van der Waals surface area contributed by atoms with Crippen molar-refractivity contribution in [2.75, 3.05) is 6.54 Å². The van der Waals surface area contributed by atoms with E-state index in [9.17, 15) is 0 Å². The highest BCUT2D eigenvalue weighted by Crippen LogP contribution is 2.12. The summed E-state index contributed by atoms with van der Waals surface area (Å²) in [5.41, 5.74) is 7.25. The third-order valence-electron chi connectivity index (χ3n) is 2.64. The zero-order chi connectivity index (χ0) is 12.0. The molecule has 1 aromatic rings. The number of hydrogen-bond acceptors (Lipinski definition) is 3. The van der Waals surface area contributed by atoms with Crippen molar-refractivity contribution in [3.63, 3.8) is 0 Å². The predicted octanol–water partition coefficient (Wildman–Crippen LogP) is 1.65. The van der Waals surface area contributed by atoms with Gasteiger partial charge in [-0.1, -0.05) is 19.1 Å². The molecule has 0 bridgehead atoms. The minimum absolute atomic E-state index is 0.165. The van der Waals surface area contributed by atoms with Crippen LogP contribution in [0.25, 0.3) is 0 Å². The van der Waals surface area contributed by atoms with Crippen LogP contribution in [0.3, 0.4) is 0 Å². The Labute approximate surface area is 97.7 Å². The SMILES string of the molecule is CCNC(C)CC(N)Cc1ccc(O)cc1. The third-order valence-corrected chi connectivity index (χ3v) is 2.64. The molecule has 0 saturated heterocycles. The van der Waals surface area contributed by atoms with Crippen LogP contribution in [0.1, 0.15) is 25.8 Å². The van der Waals surface area contributed by atoms with Crippen LogP contribution < -0.4 is 11.1 Å². The highest BCUT2D eigenvalue weighted by atomic mass is 16.3. The van der Waals surface area contributed by atoms with Gasteiger partial charge in [0.1, 0.15) is 5.75 Å². The maximum atomic E-state index is 9.16. The Morgan fingerprint density at radius 3 is 2.50 bits per heavy atom. The number of phenolic OH excluding ortho intramolecular Hbond substituents is 1. The van der Waals surface area contributed by atoms with Crippen LogP contribution in [0, 0.1) is 0 Å². The molecule has 90 valence electrons. The van der Waals surface area contributed by atoms with Crippen molar-refractivity contribution >= 4 is 0 Å². The largest absolute Gasteiger partial charge is 0.508 e. The van der Waals surface area contributed by atoms with E-state index in [1.807, 2.05) is 12.1 Å². The average Bonchev–Trinajstić information content (AvgIpc) is 2.21. The molecule has 2 unspecified atom stereocenters. The van der Waals surface area contributed by atoms with Crippen molar-refractivity contribution in [2.24, 2.45) is 5.73 Å². The maximum Gasteiger partial charge on any atom is 0.115 e. The second-order valence-electron chi connectivity index (χ2n) is 4.33. The van der Waals surface area contributed by atoms with Gasteiger partial charge in [-0.15, -0.1) is 0 Å². The van der Waals surface area contributed by atoms with Crippen LogP contribution >= 0.6 is 0 Å². The molecule has 1 aromatic carbocycles. The summed E-state index contributed by atoms with van der Waals surface area (Å²) in [7, 11) is 0. The summed E-state index contributed by atoms with van der Waals surface area (Å²) in [5, 5.41) is 12.5. The Morgan fingerprint density at radius 2 is 1.94 bits per heavy atom. The number of nitrogens with two attached hydrogens (primary N) is 1. The van der Waals surface area contributed by atoms with Crippen LogP contribution in [-0.2, 0) is 6.42 Å². The first kappa shape index (κ1) is 13.0. The van der Waals surface area contributed by atoms with Gasteiger partial charge in [0.05, 0.1) is 0 Å². The molecule has 0 saturated carbocycles. The van der Waals surface area contributed by atoms with Gasteiger partial charge in [0.2, 0.25) is 0 Å². The predicted molar refractivity (Wildman–Crippen MR) is 67.5 cm³/mol. The van der Waals surface area contributed by atoms with Gasteiger partial charge in [-0.05, 0) is 44.0 Å². The zero-order valence-corrected chi connectivity index (χ0v) is 10.1. The molecule has 0 aromatic heterocycles. The summed E-state index contributed by atoms with van der Waals surface area (Å²) < 4.78 is 0. The summed E-state index contributed by atoms with van der Waals surface area (Å²) in [4.78, 5) is 0. The number of rotatable bonds is 6. The Hall–Kier alpha value is -1.06. The van der Waals surface area contributed by atoms with Crippen molar-refractivity contribution in [1.82, 2.24) is 5.32 Å². The lowest BCUT2D eigenvalue weighted by atomic mass is 10.0. The quantitative estimate of drug-likeness (QED) is 0.686. The maximum absolute atomic E-state index is 9.16. The summed E-state index contributed by atoms with van der Waals surface area (Å²) in [6.07, 6.45) is 1.82. The molecule has 0 aliphatic carbocycles. The van der Waals surface area contributed by atoms with Crippen molar-refractivity contribution < 1.29 is 5.11 Å². The minimum atomic E-state index is 0.165. The molecule has 2 atom stereocenters. The second-order valence-corrected chi connectivity index (χ2v) is 4.33. The molecule has 0 aliphatic rings. The van der Waals surface area contributed by atoms with Gasteiger partial charge >= 0.3 is 0 Å². The van der Waals surface area contributed by atoms with Crippen LogP contribution in [0.4, 0.5) is 0 Å². The van der Waals surface area contributed by atoms with Gasteiger partial charge in [0.15, 0.2) is 0 Å². The first-order valence-electron chi connectivity index (χ1n) is 5.88. The molecule has 0 amide bonds. The summed E-state index contributed by atoms with van der Waals surface area (Å²) >= 11 is 0. The van der Waals surface area contributed by atoms with E-state index < -0.39 is 0 Å². The lowest BCUT2D eigenvalue weighted by Crippen LogP contribution is -2.34. The molecule has 16 heavy (non-hydrogen) atoms. The van der Waals surface area contributed by atoms with Gasteiger partial charge in [-0.25, -0.2) is 0 Å². The fourth-order valence-electron chi connectivity index (χ4n) is 1.90. The van der Waals surface area contributed by atoms with Gasteiger partial charge in [-0.3, -0.25) is 0 Å². The standard InChI is InChI=1S/C13H22N2O/c1-3-15-10(2)8-12(14)9-11-4-6-13(16)7-5-11/h4-7,10,12,15-16H,3,8-9,14H2,1-2H3. The topological polar surface area (TPSA) is 58.3 Å². The molecular formula is C13H22N2O. The molecule has 0 spiro atoms. The smallest absolute Gasteiger partial charge is 0.115 e. The molecule has 3 heteroatoms. The molecule has 3 nitrogen and oxygen atoms in total. The summed E-state index contributed by atoms with van der Waals surface area (Å²) in [6, 6.07) is 7.88. The van der Waals surface area contributed by atoms with Crippen molar-refractivity contribution in [3.05, 3.63) is 29.8 Å². The zero-order valence-electron chi connectivity index (χ0n) is 10.1. The van der Waals surface area contributed by atoms with Crippen LogP contribution in [0.5, 0.6) is 5.75 Å². The first-order valence-corrected chi connectivity index (χ1v) is 5.88. The number of hydrogen-bond donors (Lipinski definition) is 3. The van der Waals surface area contributed by atoms with E-state index in [1.165, 1.54) is 5.56 Å². The molecular weight excluding hydrogens is 200 g/mol. The first-order chi connectivity index (χ1) is 7.61. The Bertz CT molecular complexity index is 297. The van der Waals surface area contributed by atoms with Crippen LogP contribution in [0.2, 0.25) is 0 Å². The van der Waals surface area contributed by atoms with Gasteiger partial charge in [-0.2, -0.15) is 0 Å². The highest BCUT2D eigenvalue weighted by Gasteiger charge is 2.08. The lowest BCUT2D eigenvalue weighted by Gasteiger charge is -2.17. The third kappa shape index (κ3) is 4.64. The van der Waals surface area contributed by atoms with Crippen LogP contribution in [-0.4, -0.2) is 23.7 Å². The molecule has 0 heterocycles. The van der Waals surface area contributed by atoms with E-state index >= 15 is 0 Å². The molecule has 1 rings (SSSR count). The summed E-state index contributed by atoms with van der Waals surface area (Å²) in [5.74, 6) is 0.304. The Balaban J connectivity index is 2.39. The number of phenols is 1. The van der Waals surface area contributed by atoms with E-state index in [0.29, 0.717) is 11.8 Å². The molecule has 4 N–H and O–H groups in total. The van der Waals surface area contributed by atoms with E-state index in [4.69, 9.17) is 10.8 Å². The van der Waals surface area contributed by atoms with E-state index in [1.54, 1.807) is 12.1 Å². The minimum Gasteiger partial charge on any atom is -0.508 e. The fourth-order valence-corrected chi connectivity index (χ4v) is 1.90. The number of nitrogens with one attached hydrogen (secondary N) is 1. The fraction of sp³-hybridized carbons (Fsp3) is 0.538. The monoisotopic (exact) mass is 222 g/mol. The Kier molecular flexibility index (Phi) is 5.29. The number of benzene rings is 1. The van der Waals surface area contributed by atoms with Crippen molar-refractivity contribution in [2.45, 2.75) is 38.8 Å². The highest BCUT2D eigenvalue weighted by molar-refractivity contribution is 5.26. The number of aromatic hydroxyl groups is 1. The van der Waals surface area contributed by atoms with Crippen molar-refractivity contribution in [1.29, 1.82) is 0 Å². The van der Waals surface area contributed by atoms with E-state index in [2.05, 4.69) is 19.2 Å². The van der Waals surface area contributed by atoms with Gasteiger partial charge in [0.25, 0.3) is 0 Å². The lowest BCUT2D eigenvalue weighted by molar-refractivity contribution is 0.467. The van der Waals surface area contributed by atoms with Gasteiger partial charge in [0, 0.05) is 12.1 Å². The second kappa shape index (κ2) is 6.51. The molecule has 0 aliphatic heterocycles. The van der Waals surface area contributed by atoms with E-state index in [-0.39, 0.29) is 6.04 Å². The van der Waals surface area contributed by atoms with E-state index in [0.717, 1.165) is 19.4 Å². The summed E-state index contributed by atoms with van der Waals surface area (Å²) in [6.45, 7) is 5.23. The Morgan fingerprint density at radius 1 is 1.31 bits per heavy atom. The normalized spacial score (nSPS) is 14.7. The molecule has 0 radical (unpaired) electrons.